The molecule has 6 rings (SSSR count). The van der Waals surface area contributed by atoms with Crippen LogP contribution in [0.3, 0.4) is 0 Å². The zero-order valence-corrected chi connectivity index (χ0v) is 17.1. The number of carbonyl (C=O) groups is 3. The second kappa shape index (κ2) is 6.41. The van der Waals surface area contributed by atoms with Crippen LogP contribution in [-0.4, -0.2) is 52.3 Å². The van der Waals surface area contributed by atoms with E-state index >= 15 is 0 Å². The van der Waals surface area contributed by atoms with E-state index in [4.69, 9.17) is 0 Å². The number of rotatable bonds is 2. The highest BCUT2D eigenvalue weighted by Crippen LogP contribution is 2.43. The molecule has 3 aliphatic heterocycles. The van der Waals surface area contributed by atoms with Crippen molar-refractivity contribution < 1.29 is 14.4 Å². The van der Waals surface area contributed by atoms with Gasteiger partial charge in [-0.25, -0.2) is 9.69 Å². The van der Waals surface area contributed by atoms with Crippen LogP contribution in [0.15, 0.2) is 66.7 Å². The summed E-state index contributed by atoms with van der Waals surface area (Å²) >= 11 is 0. The summed E-state index contributed by atoms with van der Waals surface area (Å²) in [5.74, 6) is -0.310. The Morgan fingerprint density at radius 3 is 2.58 bits per heavy atom. The lowest BCUT2D eigenvalue weighted by atomic mass is 10.1. The van der Waals surface area contributed by atoms with Gasteiger partial charge in [0, 0.05) is 17.5 Å². The first-order chi connectivity index (χ1) is 15.0. The third-order valence-corrected chi connectivity index (χ3v) is 6.80. The molecule has 3 atom stereocenters. The van der Waals surface area contributed by atoms with Gasteiger partial charge in [0.15, 0.2) is 0 Å². The number of nitrogens with zero attached hydrogens (tertiary/aromatic N) is 3. The van der Waals surface area contributed by atoms with Crippen LogP contribution < -0.4 is 4.90 Å². The minimum absolute atomic E-state index is 0.0697. The molecule has 3 fully saturated rings. The highest BCUT2D eigenvalue weighted by Gasteiger charge is 2.63. The zero-order chi connectivity index (χ0) is 21.3. The molecule has 31 heavy (non-hydrogen) atoms. The van der Waals surface area contributed by atoms with Crippen LogP contribution in [0.5, 0.6) is 0 Å². The number of hydrogen-bond acceptors (Lipinski definition) is 3. The number of hydrogen-bond donors (Lipinski definition) is 0. The van der Waals surface area contributed by atoms with Gasteiger partial charge in [0.2, 0.25) is 0 Å². The summed E-state index contributed by atoms with van der Waals surface area (Å²) in [6.45, 7) is 2.42. The van der Waals surface area contributed by atoms with Gasteiger partial charge in [0.05, 0.1) is 17.8 Å². The van der Waals surface area contributed by atoms with Crippen molar-refractivity contribution in [2.24, 2.45) is 0 Å². The van der Waals surface area contributed by atoms with E-state index in [0.717, 1.165) is 16.3 Å². The number of anilines is 1. The van der Waals surface area contributed by atoms with E-state index in [0.29, 0.717) is 24.2 Å². The van der Waals surface area contributed by atoms with Crippen LogP contribution in [0, 0.1) is 6.92 Å². The van der Waals surface area contributed by atoms with Crippen molar-refractivity contribution in [2.75, 3.05) is 11.4 Å². The van der Waals surface area contributed by atoms with Gasteiger partial charge in [0.1, 0.15) is 6.04 Å². The number of imide groups is 1. The summed E-state index contributed by atoms with van der Waals surface area (Å²) in [4.78, 5) is 44.9. The third-order valence-electron chi connectivity index (χ3n) is 6.80. The van der Waals surface area contributed by atoms with E-state index in [9.17, 15) is 14.4 Å². The summed E-state index contributed by atoms with van der Waals surface area (Å²) in [7, 11) is 0. The highest BCUT2D eigenvalue weighted by molar-refractivity contribution is 6.25. The Hall–Kier alpha value is -3.67. The predicted octanol–water partition coefficient (Wildman–Crippen LogP) is 3.58. The Morgan fingerprint density at radius 2 is 1.74 bits per heavy atom. The van der Waals surface area contributed by atoms with E-state index in [2.05, 4.69) is 0 Å². The number of carbonyl (C=O) groups excluding carboxylic acids is 3. The van der Waals surface area contributed by atoms with Gasteiger partial charge in [-0.15, -0.1) is 0 Å². The van der Waals surface area contributed by atoms with Crippen molar-refractivity contribution in [1.82, 2.24) is 9.80 Å². The largest absolute Gasteiger partial charge is 0.332 e. The first-order valence-corrected chi connectivity index (χ1v) is 10.6. The van der Waals surface area contributed by atoms with Gasteiger partial charge in [0.25, 0.3) is 11.8 Å². The molecule has 6 heteroatoms. The van der Waals surface area contributed by atoms with Crippen LogP contribution in [0.2, 0.25) is 0 Å². The molecule has 6 nitrogen and oxygen atoms in total. The number of fused-ring (bicyclic) bond motifs is 6. The second-order valence-corrected chi connectivity index (χ2v) is 8.59. The fourth-order valence-electron chi connectivity index (χ4n) is 5.46. The van der Waals surface area contributed by atoms with Crippen LogP contribution in [-0.2, 0) is 4.79 Å². The van der Waals surface area contributed by atoms with Crippen LogP contribution in [0.4, 0.5) is 10.5 Å². The van der Waals surface area contributed by atoms with Gasteiger partial charge in [-0.3, -0.25) is 9.59 Å². The standard InChI is InChI=1S/C25H21N3O3/c1-15-6-4-9-17(12-15)23(29)26-14-18-13-21(26)22-24(30)28(25(31)27(18)22)20-11-5-8-16-7-2-3-10-19(16)20/h2-12,18,21-22H,13-14H2,1H3. The molecule has 0 radical (unpaired) electrons. The zero-order valence-electron chi connectivity index (χ0n) is 17.1. The molecule has 0 saturated carbocycles. The number of amides is 4. The van der Waals surface area contributed by atoms with Gasteiger partial charge < -0.3 is 9.80 Å². The Labute approximate surface area is 179 Å². The molecular weight excluding hydrogens is 390 g/mol. The predicted molar refractivity (Wildman–Crippen MR) is 117 cm³/mol. The Morgan fingerprint density at radius 1 is 0.968 bits per heavy atom. The van der Waals surface area contributed by atoms with Gasteiger partial charge in [-0.2, -0.15) is 0 Å². The van der Waals surface area contributed by atoms with Gasteiger partial charge in [-0.05, 0) is 36.9 Å². The summed E-state index contributed by atoms with van der Waals surface area (Å²) < 4.78 is 0. The van der Waals surface area contributed by atoms with E-state index in [1.165, 1.54) is 4.90 Å². The first kappa shape index (κ1) is 18.1. The quantitative estimate of drug-likeness (QED) is 0.606. The van der Waals surface area contributed by atoms with Crippen molar-refractivity contribution in [3.8, 4) is 0 Å². The van der Waals surface area contributed by atoms with Crippen molar-refractivity contribution in [2.45, 2.75) is 31.5 Å². The monoisotopic (exact) mass is 411 g/mol. The number of urea groups is 1. The molecule has 3 aliphatic rings. The minimum Gasteiger partial charge on any atom is -0.331 e. The average molecular weight is 411 g/mol. The molecule has 3 heterocycles. The summed E-state index contributed by atoms with van der Waals surface area (Å²) in [5.41, 5.74) is 2.26. The highest BCUT2D eigenvalue weighted by atomic mass is 16.2. The summed E-state index contributed by atoms with van der Waals surface area (Å²) in [6.07, 6.45) is 0.656. The lowest BCUT2D eigenvalue weighted by Gasteiger charge is -2.35. The second-order valence-electron chi connectivity index (χ2n) is 8.59. The molecule has 0 spiro atoms. The molecule has 3 aromatic rings. The Bertz CT molecular complexity index is 1260. The van der Waals surface area contributed by atoms with E-state index in [1.54, 1.807) is 9.80 Å². The summed E-state index contributed by atoms with van der Waals surface area (Å²) in [6, 6.07) is 19.6. The van der Waals surface area contributed by atoms with Gasteiger partial charge in [-0.1, -0.05) is 54.1 Å². The van der Waals surface area contributed by atoms with E-state index in [-0.39, 0.29) is 29.9 Å². The number of likely N-dealkylation sites (tertiary alicyclic amines) is 1. The first-order valence-electron chi connectivity index (χ1n) is 10.6. The van der Waals surface area contributed by atoms with E-state index < -0.39 is 6.04 Å². The summed E-state index contributed by atoms with van der Waals surface area (Å²) in [5, 5.41) is 1.85. The number of aryl methyl sites for hydroxylation is 1. The molecule has 0 aliphatic carbocycles. The topological polar surface area (TPSA) is 60.9 Å². The van der Waals surface area contributed by atoms with Crippen molar-refractivity contribution in [3.63, 3.8) is 0 Å². The number of piperazine rings is 1. The molecule has 0 N–H and O–H groups in total. The molecule has 154 valence electrons. The average Bonchev–Trinajstić information content (AvgIpc) is 3.44. The van der Waals surface area contributed by atoms with Gasteiger partial charge >= 0.3 is 6.03 Å². The smallest absolute Gasteiger partial charge is 0.331 e. The molecule has 3 saturated heterocycles. The molecule has 3 aromatic carbocycles. The van der Waals surface area contributed by atoms with Crippen LogP contribution in [0.1, 0.15) is 22.3 Å². The molecular formula is C25H21N3O3. The van der Waals surface area contributed by atoms with Crippen molar-refractivity contribution >= 4 is 34.3 Å². The fourth-order valence-corrected chi connectivity index (χ4v) is 5.46. The minimum atomic E-state index is -0.612. The molecule has 3 unspecified atom stereocenters. The third kappa shape index (κ3) is 2.48. The lowest BCUT2D eigenvalue weighted by molar-refractivity contribution is -0.121. The normalized spacial score (nSPS) is 24.4. The SMILES string of the molecule is Cc1cccc(C(=O)N2CC3CC2C2C(=O)N(c4cccc5ccccc45)C(=O)N32)c1. The van der Waals surface area contributed by atoms with Crippen LogP contribution in [0.25, 0.3) is 10.8 Å². The van der Waals surface area contributed by atoms with Crippen molar-refractivity contribution in [3.05, 3.63) is 77.9 Å². The van der Waals surface area contributed by atoms with Crippen LogP contribution >= 0.6 is 0 Å². The Kier molecular flexibility index (Phi) is 3.75. The van der Waals surface area contributed by atoms with Crippen molar-refractivity contribution in [1.29, 1.82) is 0 Å². The molecule has 0 aromatic heterocycles. The maximum Gasteiger partial charge on any atom is 0.332 e. The maximum atomic E-state index is 13.5. The van der Waals surface area contributed by atoms with E-state index in [1.807, 2.05) is 73.7 Å². The lowest BCUT2D eigenvalue weighted by Crippen LogP contribution is -2.54. The number of benzene rings is 3. The fraction of sp³-hybridized carbons (Fsp3) is 0.240. The molecule has 2 bridgehead atoms. The molecule has 4 amide bonds. The Balaban J connectivity index is 1.36. The maximum absolute atomic E-state index is 13.5.